The minimum atomic E-state index is -0.187. The van der Waals surface area contributed by atoms with Crippen LogP contribution in [0.1, 0.15) is 31.2 Å². The second-order valence-corrected chi connectivity index (χ2v) is 4.35. The summed E-state index contributed by atoms with van der Waals surface area (Å²) in [5.41, 5.74) is 1.01. The molecule has 0 radical (unpaired) electrons. The zero-order valence-corrected chi connectivity index (χ0v) is 11.7. The highest BCUT2D eigenvalue weighted by Crippen LogP contribution is 2.00. The summed E-state index contributed by atoms with van der Waals surface area (Å²) < 4.78 is 4.55. The molecule has 6 nitrogen and oxygen atoms in total. The van der Waals surface area contributed by atoms with Crippen LogP contribution in [0.15, 0.2) is 24.5 Å². The minimum Gasteiger partial charge on any atom is -0.469 e. The number of urea groups is 1. The van der Waals surface area contributed by atoms with Crippen molar-refractivity contribution in [3.8, 4) is 0 Å². The molecule has 0 spiro atoms. The quantitative estimate of drug-likeness (QED) is 0.559. The summed E-state index contributed by atoms with van der Waals surface area (Å²) in [5.74, 6) is -0.187. The van der Waals surface area contributed by atoms with E-state index in [1.165, 1.54) is 7.11 Å². The summed E-state index contributed by atoms with van der Waals surface area (Å²) in [4.78, 5) is 26.3. The van der Waals surface area contributed by atoms with Crippen LogP contribution in [0.2, 0.25) is 0 Å². The molecule has 110 valence electrons. The van der Waals surface area contributed by atoms with Crippen LogP contribution >= 0.6 is 0 Å². The van der Waals surface area contributed by atoms with Crippen molar-refractivity contribution >= 4 is 12.0 Å². The number of carbonyl (C=O) groups is 2. The molecule has 0 atom stereocenters. The van der Waals surface area contributed by atoms with Crippen LogP contribution in [-0.2, 0) is 16.1 Å². The predicted molar refractivity (Wildman–Crippen MR) is 75.0 cm³/mol. The third-order valence-electron chi connectivity index (χ3n) is 2.77. The van der Waals surface area contributed by atoms with E-state index in [2.05, 4.69) is 20.4 Å². The summed E-state index contributed by atoms with van der Waals surface area (Å²) in [5, 5.41) is 5.54. The number of unbranched alkanes of at least 4 members (excludes halogenated alkanes) is 2. The van der Waals surface area contributed by atoms with E-state index in [1.54, 1.807) is 12.4 Å². The molecule has 0 aliphatic carbocycles. The Bertz CT molecular complexity index is 409. The summed E-state index contributed by atoms with van der Waals surface area (Å²) in [6.45, 7) is 1.08. The SMILES string of the molecule is COC(=O)CCCCCNC(=O)NCc1ccncc1. The molecule has 2 amide bonds. The third-order valence-corrected chi connectivity index (χ3v) is 2.77. The molecule has 0 saturated heterocycles. The Kier molecular flexibility index (Phi) is 7.79. The number of nitrogens with zero attached hydrogens (tertiary/aromatic N) is 1. The van der Waals surface area contributed by atoms with Gasteiger partial charge in [-0.05, 0) is 30.5 Å². The molecule has 2 N–H and O–H groups in total. The molecule has 0 aliphatic rings. The van der Waals surface area contributed by atoms with Crippen LogP contribution in [0.5, 0.6) is 0 Å². The molecule has 1 rings (SSSR count). The van der Waals surface area contributed by atoms with Gasteiger partial charge in [0.1, 0.15) is 0 Å². The number of amides is 2. The lowest BCUT2D eigenvalue weighted by atomic mass is 10.2. The number of hydrogen-bond donors (Lipinski definition) is 2. The molecule has 0 fully saturated rings. The molecule has 0 aromatic carbocycles. The van der Waals surface area contributed by atoms with E-state index in [0.717, 1.165) is 24.8 Å². The molecule has 6 heteroatoms. The number of nitrogens with one attached hydrogen (secondary N) is 2. The van der Waals surface area contributed by atoms with Crippen molar-refractivity contribution in [1.29, 1.82) is 0 Å². The standard InChI is InChI=1S/C14H21N3O3/c1-20-13(18)5-3-2-4-8-16-14(19)17-11-12-6-9-15-10-7-12/h6-7,9-10H,2-5,8,11H2,1H3,(H2,16,17,19). The van der Waals surface area contributed by atoms with Gasteiger partial charge < -0.3 is 15.4 Å². The van der Waals surface area contributed by atoms with Crippen molar-refractivity contribution in [3.63, 3.8) is 0 Å². The van der Waals surface area contributed by atoms with Crippen LogP contribution in [0.3, 0.4) is 0 Å². The number of pyridine rings is 1. The fourth-order valence-electron chi connectivity index (χ4n) is 1.62. The van der Waals surface area contributed by atoms with E-state index in [0.29, 0.717) is 19.5 Å². The van der Waals surface area contributed by atoms with E-state index in [4.69, 9.17) is 0 Å². The van der Waals surface area contributed by atoms with Crippen molar-refractivity contribution in [2.75, 3.05) is 13.7 Å². The summed E-state index contributed by atoms with van der Waals surface area (Å²) in [6.07, 6.45) is 6.34. The molecule has 1 heterocycles. The lowest BCUT2D eigenvalue weighted by molar-refractivity contribution is -0.140. The minimum absolute atomic E-state index is 0.185. The first-order valence-corrected chi connectivity index (χ1v) is 6.70. The number of rotatable bonds is 8. The Morgan fingerprint density at radius 1 is 1.15 bits per heavy atom. The second kappa shape index (κ2) is 9.77. The van der Waals surface area contributed by atoms with Gasteiger partial charge in [-0.25, -0.2) is 4.79 Å². The number of methoxy groups -OCH3 is 1. The molecule has 1 aromatic rings. The number of carbonyl (C=O) groups excluding carboxylic acids is 2. The van der Waals surface area contributed by atoms with Crippen LogP contribution < -0.4 is 10.6 Å². The molecule has 0 bridgehead atoms. The van der Waals surface area contributed by atoms with Crippen molar-refractivity contribution in [1.82, 2.24) is 15.6 Å². The van der Waals surface area contributed by atoms with Gasteiger partial charge >= 0.3 is 12.0 Å². The van der Waals surface area contributed by atoms with Crippen LogP contribution in [0, 0.1) is 0 Å². The molecule has 1 aromatic heterocycles. The third kappa shape index (κ3) is 7.35. The zero-order chi connectivity index (χ0) is 14.6. The van der Waals surface area contributed by atoms with Crippen molar-refractivity contribution in [3.05, 3.63) is 30.1 Å². The first kappa shape index (κ1) is 15.9. The van der Waals surface area contributed by atoms with Gasteiger partial charge in [0.25, 0.3) is 0 Å². The maximum absolute atomic E-state index is 11.5. The Hall–Kier alpha value is -2.11. The normalized spacial score (nSPS) is 9.85. The van der Waals surface area contributed by atoms with Gasteiger partial charge in [-0.3, -0.25) is 9.78 Å². The van der Waals surface area contributed by atoms with Crippen molar-refractivity contribution in [2.24, 2.45) is 0 Å². The summed E-state index contributed by atoms with van der Waals surface area (Å²) in [7, 11) is 1.39. The van der Waals surface area contributed by atoms with Gasteiger partial charge in [-0.15, -0.1) is 0 Å². The van der Waals surface area contributed by atoms with E-state index < -0.39 is 0 Å². The molecular formula is C14H21N3O3. The van der Waals surface area contributed by atoms with Gasteiger partial charge in [-0.2, -0.15) is 0 Å². The number of esters is 1. The van der Waals surface area contributed by atoms with Crippen LogP contribution in [-0.4, -0.2) is 30.6 Å². The second-order valence-electron chi connectivity index (χ2n) is 4.35. The Balaban J connectivity index is 1.99. The fourth-order valence-corrected chi connectivity index (χ4v) is 1.62. The van der Waals surface area contributed by atoms with E-state index in [-0.39, 0.29) is 12.0 Å². The average molecular weight is 279 g/mol. The molecular weight excluding hydrogens is 258 g/mol. The number of ether oxygens (including phenoxy) is 1. The average Bonchev–Trinajstić information content (AvgIpc) is 2.49. The first-order chi connectivity index (χ1) is 9.72. The van der Waals surface area contributed by atoms with E-state index in [1.807, 2.05) is 12.1 Å². The Labute approximate surface area is 118 Å². The monoisotopic (exact) mass is 279 g/mol. The van der Waals surface area contributed by atoms with E-state index in [9.17, 15) is 9.59 Å². The smallest absolute Gasteiger partial charge is 0.315 e. The maximum Gasteiger partial charge on any atom is 0.315 e. The maximum atomic E-state index is 11.5. The predicted octanol–water partition coefficient (Wildman–Crippen LogP) is 1.61. The summed E-state index contributed by atoms with van der Waals surface area (Å²) in [6, 6.07) is 3.52. The topological polar surface area (TPSA) is 80.3 Å². The molecule has 20 heavy (non-hydrogen) atoms. The highest BCUT2D eigenvalue weighted by atomic mass is 16.5. The molecule has 0 aliphatic heterocycles. The lowest BCUT2D eigenvalue weighted by Gasteiger charge is -2.07. The van der Waals surface area contributed by atoms with E-state index >= 15 is 0 Å². The molecule has 0 unspecified atom stereocenters. The van der Waals surface area contributed by atoms with Gasteiger partial charge in [-0.1, -0.05) is 6.42 Å². The Morgan fingerprint density at radius 3 is 2.60 bits per heavy atom. The fraction of sp³-hybridized carbons (Fsp3) is 0.500. The van der Waals surface area contributed by atoms with Gasteiger partial charge in [0.15, 0.2) is 0 Å². The van der Waals surface area contributed by atoms with Crippen molar-refractivity contribution < 1.29 is 14.3 Å². The zero-order valence-electron chi connectivity index (χ0n) is 11.7. The van der Waals surface area contributed by atoms with Gasteiger partial charge in [0, 0.05) is 31.9 Å². The van der Waals surface area contributed by atoms with Gasteiger partial charge in [0.2, 0.25) is 0 Å². The summed E-state index contributed by atoms with van der Waals surface area (Å²) >= 11 is 0. The largest absolute Gasteiger partial charge is 0.469 e. The number of aromatic nitrogens is 1. The van der Waals surface area contributed by atoms with Crippen molar-refractivity contribution in [2.45, 2.75) is 32.2 Å². The van der Waals surface area contributed by atoms with Gasteiger partial charge in [0.05, 0.1) is 7.11 Å². The van der Waals surface area contributed by atoms with Crippen LogP contribution in [0.25, 0.3) is 0 Å². The Morgan fingerprint density at radius 2 is 1.90 bits per heavy atom. The highest BCUT2D eigenvalue weighted by molar-refractivity contribution is 5.73. The first-order valence-electron chi connectivity index (χ1n) is 6.70. The lowest BCUT2D eigenvalue weighted by Crippen LogP contribution is -2.35. The van der Waals surface area contributed by atoms with Crippen LogP contribution in [0.4, 0.5) is 4.79 Å². The molecule has 0 saturated carbocycles. The number of hydrogen-bond acceptors (Lipinski definition) is 4. The highest BCUT2D eigenvalue weighted by Gasteiger charge is 2.01.